The third-order valence-electron chi connectivity index (χ3n) is 5.30. The van der Waals surface area contributed by atoms with E-state index in [-0.39, 0.29) is 11.9 Å². The van der Waals surface area contributed by atoms with E-state index >= 15 is 0 Å². The van der Waals surface area contributed by atoms with Crippen molar-refractivity contribution in [2.45, 2.75) is 19.4 Å². The van der Waals surface area contributed by atoms with Gasteiger partial charge in [0, 0.05) is 24.4 Å². The first-order valence-electron chi connectivity index (χ1n) is 9.08. The number of amides is 1. The zero-order chi connectivity index (χ0) is 19.3. The SMILES string of the molecule is CC1c2c(cccc2-c2ccoc2)CCN1C(=O)c1cc2ncc(Cl)cn2n1. The number of furan rings is 1. The molecule has 0 saturated heterocycles. The fourth-order valence-corrected chi connectivity index (χ4v) is 4.11. The van der Waals surface area contributed by atoms with E-state index < -0.39 is 0 Å². The van der Waals surface area contributed by atoms with Crippen molar-refractivity contribution in [2.24, 2.45) is 0 Å². The van der Waals surface area contributed by atoms with Crippen molar-refractivity contribution in [1.82, 2.24) is 19.5 Å². The molecule has 4 aromatic rings. The standard InChI is InChI=1S/C21H17ClN4O2/c1-13-20-14(3-2-4-17(20)15-6-8-28-12-15)5-7-25(13)21(27)18-9-19-23-10-16(22)11-26(19)24-18/h2-4,6,8-13H,5,7H2,1H3. The van der Waals surface area contributed by atoms with Gasteiger partial charge in [0.25, 0.3) is 5.91 Å². The number of hydrogen-bond acceptors (Lipinski definition) is 4. The number of nitrogens with zero attached hydrogens (tertiary/aromatic N) is 4. The molecule has 7 heteroatoms. The molecule has 1 aromatic carbocycles. The first-order valence-corrected chi connectivity index (χ1v) is 9.46. The van der Waals surface area contributed by atoms with E-state index in [4.69, 9.17) is 16.0 Å². The number of carbonyl (C=O) groups excluding carboxylic acids is 1. The van der Waals surface area contributed by atoms with Crippen LogP contribution in [0.15, 0.2) is 59.7 Å². The predicted molar refractivity (Wildman–Crippen MR) is 105 cm³/mol. The number of rotatable bonds is 2. The van der Waals surface area contributed by atoms with Crippen LogP contribution in [-0.4, -0.2) is 31.9 Å². The molecule has 1 atom stereocenters. The zero-order valence-electron chi connectivity index (χ0n) is 15.2. The van der Waals surface area contributed by atoms with Crippen LogP contribution in [0.5, 0.6) is 0 Å². The minimum absolute atomic E-state index is 0.0799. The first kappa shape index (κ1) is 17.0. The Bertz CT molecular complexity index is 1180. The monoisotopic (exact) mass is 392 g/mol. The molecule has 28 heavy (non-hydrogen) atoms. The fraction of sp³-hybridized carbons (Fsp3) is 0.190. The van der Waals surface area contributed by atoms with Crippen LogP contribution in [0.3, 0.4) is 0 Å². The van der Waals surface area contributed by atoms with Crippen molar-refractivity contribution in [3.8, 4) is 11.1 Å². The highest BCUT2D eigenvalue weighted by Crippen LogP contribution is 2.38. The van der Waals surface area contributed by atoms with Crippen LogP contribution in [-0.2, 0) is 6.42 Å². The third kappa shape index (κ3) is 2.68. The second-order valence-corrected chi connectivity index (χ2v) is 7.36. The Balaban J connectivity index is 1.53. The first-order chi connectivity index (χ1) is 13.6. The summed E-state index contributed by atoms with van der Waals surface area (Å²) in [6, 6.07) is 9.83. The summed E-state index contributed by atoms with van der Waals surface area (Å²) in [7, 11) is 0. The van der Waals surface area contributed by atoms with Gasteiger partial charge < -0.3 is 9.32 Å². The molecule has 0 aliphatic carbocycles. The lowest BCUT2D eigenvalue weighted by atomic mass is 9.87. The van der Waals surface area contributed by atoms with Crippen LogP contribution in [0.2, 0.25) is 5.02 Å². The summed E-state index contributed by atoms with van der Waals surface area (Å²) in [6.45, 7) is 2.70. The van der Waals surface area contributed by atoms with Gasteiger partial charge in [-0.2, -0.15) is 5.10 Å². The van der Waals surface area contributed by atoms with Gasteiger partial charge >= 0.3 is 0 Å². The topological polar surface area (TPSA) is 63.6 Å². The van der Waals surface area contributed by atoms with Crippen molar-refractivity contribution < 1.29 is 9.21 Å². The van der Waals surface area contributed by atoms with E-state index in [2.05, 4.69) is 35.2 Å². The van der Waals surface area contributed by atoms with E-state index in [1.165, 1.54) is 10.1 Å². The van der Waals surface area contributed by atoms with E-state index in [1.807, 2.05) is 11.0 Å². The molecule has 1 aliphatic heterocycles. The lowest BCUT2D eigenvalue weighted by Crippen LogP contribution is -2.39. The molecule has 3 aromatic heterocycles. The van der Waals surface area contributed by atoms with E-state index in [1.54, 1.807) is 31.0 Å². The molecule has 4 heterocycles. The van der Waals surface area contributed by atoms with Gasteiger partial charge in [-0.15, -0.1) is 0 Å². The predicted octanol–water partition coefficient (Wildman–Crippen LogP) is 4.40. The average molecular weight is 393 g/mol. The number of hydrogen-bond donors (Lipinski definition) is 0. The van der Waals surface area contributed by atoms with Gasteiger partial charge in [0.05, 0.1) is 29.8 Å². The lowest BCUT2D eigenvalue weighted by molar-refractivity contribution is 0.0672. The molecule has 6 nitrogen and oxygen atoms in total. The van der Waals surface area contributed by atoms with E-state index in [0.29, 0.717) is 22.9 Å². The van der Waals surface area contributed by atoms with Crippen LogP contribution in [0.1, 0.15) is 34.6 Å². The highest BCUT2D eigenvalue weighted by atomic mass is 35.5. The van der Waals surface area contributed by atoms with Crippen LogP contribution in [0.4, 0.5) is 0 Å². The second kappa shape index (κ2) is 6.49. The molecule has 0 radical (unpaired) electrons. The highest BCUT2D eigenvalue weighted by Gasteiger charge is 2.31. The van der Waals surface area contributed by atoms with Crippen LogP contribution in [0.25, 0.3) is 16.8 Å². The molecule has 0 fully saturated rings. The summed E-state index contributed by atoms with van der Waals surface area (Å²) in [5.74, 6) is -0.109. The minimum atomic E-state index is -0.109. The Labute approximate surface area is 166 Å². The largest absolute Gasteiger partial charge is 0.472 e. The molecule has 0 spiro atoms. The maximum Gasteiger partial charge on any atom is 0.274 e. The smallest absolute Gasteiger partial charge is 0.274 e. The van der Waals surface area contributed by atoms with Gasteiger partial charge in [-0.05, 0) is 36.1 Å². The molecule has 140 valence electrons. The Morgan fingerprint density at radius 3 is 3.04 bits per heavy atom. The molecule has 5 rings (SSSR count). The zero-order valence-corrected chi connectivity index (χ0v) is 15.9. The van der Waals surface area contributed by atoms with Crippen molar-refractivity contribution >= 4 is 23.2 Å². The molecular weight excluding hydrogens is 376 g/mol. The van der Waals surface area contributed by atoms with Gasteiger partial charge in [0.15, 0.2) is 11.3 Å². The molecule has 1 amide bonds. The lowest BCUT2D eigenvalue weighted by Gasteiger charge is -2.36. The summed E-state index contributed by atoms with van der Waals surface area (Å²) in [4.78, 5) is 19.3. The normalized spacial score (nSPS) is 16.4. The number of halogens is 1. The van der Waals surface area contributed by atoms with Crippen molar-refractivity contribution in [2.75, 3.05) is 6.54 Å². The van der Waals surface area contributed by atoms with Crippen LogP contribution >= 0.6 is 11.6 Å². The van der Waals surface area contributed by atoms with Crippen molar-refractivity contribution in [1.29, 1.82) is 0 Å². The Kier molecular flexibility index (Phi) is 3.94. The highest BCUT2D eigenvalue weighted by molar-refractivity contribution is 6.30. The molecule has 1 unspecified atom stereocenters. The molecule has 0 N–H and O–H groups in total. The quantitative estimate of drug-likeness (QED) is 0.507. The van der Waals surface area contributed by atoms with Gasteiger partial charge in [0.1, 0.15) is 0 Å². The van der Waals surface area contributed by atoms with Gasteiger partial charge in [-0.1, -0.05) is 29.8 Å². The minimum Gasteiger partial charge on any atom is -0.472 e. The Morgan fingerprint density at radius 2 is 2.21 bits per heavy atom. The van der Waals surface area contributed by atoms with Gasteiger partial charge in [0.2, 0.25) is 0 Å². The maximum atomic E-state index is 13.2. The van der Waals surface area contributed by atoms with Gasteiger partial charge in [-0.25, -0.2) is 9.50 Å². The van der Waals surface area contributed by atoms with E-state index in [0.717, 1.165) is 23.1 Å². The molecule has 0 bridgehead atoms. The third-order valence-corrected chi connectivity index (χ3v) is 5.49. The maximum absolute atomic E-state index is 13.2. The number of aromatic nitrogens is 3. The average Bonchev–Trinajstić information content (AvgIpc) is 3.37. The summed E-state index contributed by atoms with van der Waals surface area (Å²) >= 11 is 5.98. The summed E-state index contributed by atoms with van der Waals surface area (Å²) in [5.41, 5.74) is 5.50. The van der Waals surface area contributed by atoms with Crippen molar-refractivity contribution in [3.63, 3.8) is 0 Å². The van der Waals surface area contributed by atoms with Gasteiger partial charge in [-0.3, -0.25) is 4.79 Å². The number of fused-ring (bicyclic) bond motifs is 2. The second-order valence-electron chi connectivity index (χ2n) is 6.92. The Hall–Kier alpha value is -3.12. The summed E-state index contributed by atoms with van der Waals surface area (Å²) < 4.78 is 6.81. The van der Waals surface area contributed by atoms with E-state index in [9.17, 15) is 4.79 Å². The van der Waals surface area contributed by atoms with Crippen LogP contribution < -0.4 is 0 Å². The summed E-state index contributed by atoms with van der Waals surface area (Å²) in [5, 5.41) is 4.85. The van der Waals surface area contributed by atoms with Crippen molar-refractivity contribution in [3.05, 3.63) is 77.1 Å². The molecule has 1 aliphatic rings. The van der Waals surface area contributed by atoms with Crippen LogP contribution in [0, 0.1) is 0 Å². The Morgan fingerprint density at radius 1 is 1.32 bits per heavy atom. The summed E-state index contributed by atoms with van der Waals surface area (Å²) in [6.07, 6.45) is 7.39. The number of carbonyl (C=O) groups is 1. The number of benzene rings is 1. The molecule has 0 saturated carbocycles. The molecular formula is C21H17ClN4O2. The fourth-order valence-electron chi connectivity index (χ4n) is 3.97.